The minimum absolute atomic E-state index is 0.268. The summed E-state index contributed by atoms with van der Waals surface area (Å²) in [6.45, 7) is 1.60. The van der Waals surface area contributed by atoms with E-state index in [9.17, 15) is 4.79 Å². The Morgan fingerprint density at radius 2 is 1.96 bits per heavy atom. The molecular formula is C18H22N4O2. The summed E-state index contributed by atoms with van der Waals surface area (Å²) in [5, 5.41) is 4.15. The lowest BCUT2D eigenvalue weighted by atomic mass is 9.94. The van der Waals surface area contributed by atoms with Crippen LogP contribution in [0.25, 0.3) is 11.5 Å². The molecule has 2 aromatic rings. The SMILES string of the molecule is O=C(C1CCCC1)N1CCC(c2noc(-c3cccnc3)n2)CC1. The van der Waals surface area contributed by atoms with Gasteiger partial charge >= 0.3 is 0 Å². The van der Waals surface area contributed by atoms with E-state index in [4.69, 9.17) is 4.52 Å². The molecule has 126 valence electrons. The molecule has 0 radical (unpaired) electrons. The van der Waals surface area contributed by atoms with Crippen LogP contribution >= 0.6 is 0 Å². The fraction of sp³-hybridized carbons (Fsp3) is 0.556. The standard InChI is InChI=1S/C18H22N4O2/c23-18(14-4-1-2-5-14)22-10-7-13(8-11-22)16-20-17(24-21-16)15-6-3-9-19-12-15/h3,6,9,12-14H,1-2,4-5,7-8,10-11H2. The highest BCUT2D eigenvalue weighted by atomic mass is 16.5. The Morgan fingerprint density at radius 3 is 2.67 bits per heavy atom. The van der Waals surface area contributed by atoms with E-state index in [0.717, 1.165) is 50.2 Å². The van der Waals surface area contributed by atoms with Crippen molar-refractivity contribution in [3.8, 4) is 11.5 Å². The second-order valence-corrected chi connectivity index (χ2v) is 6.78. The summed E-state index contributed by atoms with van der Waals surface area (Å²) in [6, 6.07) is 3.76. The molecule has 0 aromatic carbocycles. The molecule has 2 aromatic heterocycles. The van der Waals surface area contributed by atoms with Crippen molar-refractivity contribution < 1.29 is 9.32 Å². The normalized spacial score (nSPS) is 19.8. The zero-order valence-corrected chi connectivity index (χ0v) is 13.7. The predicted octanol–water partition coefficient (Wildman–Crippen LogP) is 3.03. The fourth-order valence-electron chi connectivity index (χ4n) is 3.80. The summed E-state index contributed by atoms with van der Waals surface area (Å²) in [7, 11) is 0. The van der Waals surface area contributed by atoms with Crippen molar-refractivity contribution in [1.82, 2.24) is 20.0 Å². The smallest absolute Gasteiger partial charge is 0.259 e. The summed E-state index contributed by atoms with van der Waals surface area (Å²) in [5.74, 6) is 2.16. The van der Waals surface area contributed by atoms with E-state index < -0.39 is 0 Å². The topological polar surface area (TPSA) is 72.1 Å². The number of amides is 1. The Bertz CT molecular complexity index is 686. The van der Waals surface area contributed by atoms with Crippen LogP contribution in [0, 0.1) is 5.92 Å². The maximum atomic E-state index is 12.5. The second-order valence-electron chi connectivity index (χ2n) is 6.78. The van der Waals surface area contributed by atoms with Gasteiger partial charge in [0.25, 0.3) is 5.89 Å². The molecule has 3 heterocycles. The minimum atomic E-state index is 0.268. The Morgan fingerprint density at radius 1 is 1.17 bits per heavy atom. The fourth-order valence-corrected chi connectivity index (χ4v) is 3.80. The third-order valence-corrected chi connectivity index (χ3v) is 5.23. The van der Waals surface area contributed by atoms with Crippen LogP contribution in [-0.4, -0.2) is 39.0 Å². The monoisotopic (exact) mass is 326 g/mol. The molecule has 2 aliphatic rings. The van der Waals surface area contributed by atoms with E-state index in [-0.39, 0.29) is 11.8 Å². The first kappa shape index (κ1) is 15.3. The first-order chi connectivity index (χ1) is 11.8. The molecule has 0 unspecified atom stereocenters. The van der Waals surface area contributed by atoms with Gasteiger partial charge in [0.05, 0.1) is 5.56 Å². The summed E-state index contributed by atoms with van der Waals surface area (Å²) >= 11 is 0. The van der Waals surface area contributed by atoms with E-state index in [0.29, 0.717) is 11.8 Å². The Kier molecular flexibility index (Phi) is 4.28. The van der Waals surface area contributed by atoms with Crippen LogP contribution in [0.15, 0.2) is 29.0 Å². The summed E-state index contributed by atoms with van der Waals surface area (Å²) in [5.41, 5.74) is 0.838. The van der Waals surface area contributed by atoms with Crippen LogP contribution in [0.3, 0.4) is 0 Å². The van der Waals surface area contributed by atoms with Crippen LogP contribution in [-0.2, 0) is 4.79 Å². The number of nitrogens with zero attached hydrogens (tertiary/aromatic N) is 4. The molecule has 1 aliphatic heterocycles. The number of piperidine rings is 1. The van der Waals surface area contributed by atoms with Gasteiger partial charge in [-0.25, -0.2) is 0 Å². The van der Waals surface area contributed by atoms with E-state index in [1.54, 1.807) is 12.4 Å². The van der Waals surface area contributed by atoms with E-state index in [1.807, 2.05) is 17.0 Å². The van der Waals surface area contributed by atoms with Crippen molar-refractivity contribution in [1.29, 1.82) is 0 Å². The second kappa shape index (κ2) is 6.71. The van der Waals surface area contributed by atoms with Gasteiger partial charge in [0, 0.05) is 37.3 Å². The number of hydrogen-bond acceptors (Lipinski definition) is 5. The molecule has 0 spiro atoms. The average molecular weight is 326 g/mol. The zero-order valence-electron chi connectivity index (χ0n) is 13.7. The van der Waals surface area contributed by atoms with E-state index in [2.05, 4.69) is 15.1 Å². The van der Waals surface area contributed by atoms with Crippen molar-refractivity contribution >= 4 is 5.91 Å². The molecule has 6 nitrogen and oxygen atoms in total. The molecule has 1 aliphatic carbocycles. The van der Waals surface area contributed by atoms with E-state index >= 15 is 0 Å². The lowest BCUT2D eigenvalue weighted by molar-refractivity contribution is -0.136. The highest BCUT2D eigenvalue weighted by molar-refractivity contribution is 5.79. The number of likely N-dealkylation sites (tertiary alicyclic amines) is 1. The number of hydrogen-bond donors (Lipinski definition) is 0. The third-order valence-electron chi connectivity index (χ3n) is 5.23. The maximum Gasteiger partial charge on any atom is 0.259 e. The number of carbonyl (C=O) groups excluding carboxylic acids is 1. The van der Waals surface area contributed by atoms with Crippen LogP contribution in [0.5, 0.6) is 0 Å². The molecule has 0 atom stereocenters. The number of pyridine rings is 1. The first-order valence-corrected chi connectivity index (χ1v) is 8.84. The van der Waals surface area contributed by atoms with Crippen molar-refractivity contribution in [2.45, 2.75) is 44.4 Å². The first-order valence-electron chi connectivity index (χ1n) is 8.84. The number of aromatic nitrogens is 3. The molecule has 1 saturated heterocycles. The molecule has 0 bridgehead atoms. The van der Waals surface area contributed by atoms with Gasteiger partial charge in [-0.1, -0.05) is 18.0 Å². The van der Waals surface area contributed by atoms with Crippen LogP contribution in [0.1, 0.15) is 50.3 Å². The summed E-state index contributed by atoms with van der Waals surface area (Å²) in [6.07, 6.45) is 9.79. The molecule has 1 amide bonds. The third kappa shape index (κ3) is 3.05. The van der Waals surface area contributed by atoms with Gasteiger partial charge in [0.2, 0.25) is 5.91 Å². The lowest BCUT2D eigenvalue weighted by Crippen LogP contribution is -2.40. The molecular weight excluding hydrogens is 304 g/mol. The summed E-state index contributed by atoms with van der Waals surface area (Å²) < 4.78 is 5.38. The zero-order chi connectivity index (χ0) is 16.4. The maximum absolute atomic E-state index is 12.5. The van der Waals surface area contributed by atoms with Gasteiger partial charge in [-0.3, -0.25) is 9.78 Å². The predicted molar refractivity (Wildman–Crippen MR) is 88.0 cm³/mol. The van der Waals surface area contributed by atoms with Crippen molar-refractivity contribution in [2.75, 3.05) is 13.1 Å². The molecule has 1 saturated carbocycles. The minimum Gasteiger partial charge on any atom is -0.342 e. The highest BCUT2D eigenvalue weighted by Gasteiger charge is 2.31. The molecule has 6 heteroatoms. The van der Waals surface area contributed by atoms with Crippen molar-refractivity contribution in [3.63, 3.8) is 0 Å². The number of rotatable bonds is 3. The van der Waals surface area contributed by atoms with Gasteiger partial charge in [-0.05, 0) is 37.8 Å². The lowest BCUT2D eigenvalue weighted by Gasteiger charge is -2.32. The molecule has 4 rings (SSSR count). The van der Waals surface area contributed by atoms with Crippen LogP contribution in [0.2, 0.25) is 0 Å². The van der Waals surface area contributed by atoms with Gasteiger partial charge < -0.3 is 9.42 Å². The van der Waals surface area contributed by atoms with Gasteiger partial charge in [-0.15, -0.1) is 0 Å². The van der Waals surface area contributed by atoms with Crippen molar-refractivity contribution in [3.05, 3.63) is 30.4 Å². The molecule has 24 heavy (non-hydrogen) atoms. The summed E-state index contributed by atoms with van der Waals surface area (Å²) in [4.78, 5) is 23.1. The van der Waals surface area contributed by atoms with Crippen LogP contribution in [0.4, 0.5) is 0 Å². The van der Waals surface area contributed by atoms with E-state index in [1.165, 1.54) is 12.8 Å². The average Bonchev–Trinajstić information content (AvgIpc) is 3.34. The molecule has 2 fully saturated rings. The largest absolute Gasteiger partial charge is 0.342 e. The Hall–Kier alpha value is -2.24. The van der Waals surface area contributed by atoms with Gasteiger partial charge in [0.1, 0.15) is 0 Å². The molecule has 0 N–H and O–H groups in total. The Labute approximate surface area is 141 Å². The van der Waals surface area contributed by atoms with Crippen molar-refractivity contribution in [2.24, 2.45) is 5.92 Å². The number of carbonyl (C=O) groups is 1. The van der Waals surface area contributed by atoms with Gasteiger partial charge in [0.15, 0.2) is 5.82 Å². The van der Waals surface area contributed by atoms with Gasteiger partial charge in [-0.2, -0.15) is 4.98 Å². The Balaban J connectivity index is 1.38. The van der Waals surface area contributed by atoms with Crippen LogP contribution < -0.4 is 0 Å². The quantitative estimate of drug-likeness (QED) is 0.867. The highest BCUT2D eigenvalue weighted by Crippen LogP contribution is 2.31.